The molecule has 0 spiro atoms. The normalized spacial score (nSPS) is 10.2. The molecule has 6 heteroatoms. The first-order chi connectivity index (χ1) is 11.3. The standard InChI is InChI=1S/C17H13N3O2S/c18-10-13-6-4-5-7-14(13)12-23-17-20-19-16(22-17)11-21-15-8-2-1-3-9-15/h1-9H,11-12H2. The minimum atomic E-state index is 0.229. The number of hydrogen-bond donors (Lipinski definition) is 0. The molecule has 0 bridgehead atoms. The van der Waals surface area contributed by atoms with E-state index < -0.39 is 0 Å². The summed E-state index contributed by atoms with van der Waals surface area (Å²) in [6.07, 6.45) is 0. The van der Waals surface area contributed by atoms with Gasteiger partial charge >= 0.3 is 0 Å². The lowest BCUT2D eigenvalue weighted by Crippen LogP contribution is -1.95. The number of thioether (sulfide) groups is 1. The van der Waals surface area contributed by atoms with Gasteiger partial charge in [0.05, 0.1) is 11.6 Å². The van der Waals surface area contributed by atoms with E-state index in [9.17, 15) is 0 Å². The van der Waals surface area contributed by atoms with E-state index >= 15 is 0 Å². The Balaban J connectivity index is 1.56. The van der Waals surface area contributed by atoms with Gasteiger partial charge in [-0.05, 0) is 23.8 Å². The second-order valence-corrected chi connectivity index (χ2v) is 5.55. The van der Waals surface area contributed by atoms with Crippen molar-refractivity contribution in [2.75, 3.05) is 0 Å². The Morgan fingerprint density at radius 2 is 1.83 bits per heavy atom. The van der Waals surface area contributed by atoms with Crippen LogP contribution in [0, 0.1) is 11.3 Å². The smallest absolute Gasteiger partial charge is 0.277 e. The van der Waals surface area contributed by atoms with Gasteiger partial charge in [0, 0.05) is 5.75 Å². The second-order valence-electron chi connectivity index (χ2n) is 4.62. The summed E-state index contributed by atoms with van der Waals surface area (Å²) in [5.41, 5.74) is 1.60. The summed E-state index contributed by atoms with van der Waals surface area (Å²) in [6, 6.07) is 19.1. The van der Waals surface area contributed by atoms with E-state index in [1.165, 1.54) is 11.8 Å². The number of aromatic nitrogens is 2. The summed E-state index contributed by atoms with van der Waals surface area (Å²) < 4.78 is 11.1. The number of nitriles is 1. The molecule has 23 heavy (non-hydrogen) atoms. The quantitative estimate of drug-likeness (QED) is 0.642. The van der Waals surface area contributed by atoms with E-state index in [-0.39, 0.29) is 6.61 Å². The Morgan fingerprint density at radius 1 is 1.04 bits per heavy atom. The third-order valence-electron chi connectivity index (χ3n) is 3.04. The van der Waals surface area contributed by atoms with Crippen molar-refractivity contribution < 1.29 is 9.15 Å². The fourth-order valence-corrected chi connectivity index (χ4v) is 2.70. The number of nitrogens with zero attached hydrogens (tertiary/aromatic N) is 3. The largest absolute Gasteiger partial charge is 0.484 e. The highest BCUT2D eigenvalue weighted by Gasteiger charge is 2.09. The van der Waals surface area contributed by atoms with Crippen LogP contribution in [0.4, 0.5) is 0 Å². The van der Waals surface area contributed by atoms with Crippen LogP contribution in [-0.4, -0.2) is 10.2 Å². The number of hydrogen-bond acceptors (Lipinski definition) is 6. The molecule has 0 amide bonds. The first kappa shape index (κ1) is 15.1. The molecule has 3 rings (SSSR count). The van der Waals surface area contributed by atoms with Gasteiger partial charge in [-0.1, -0.05) is 48.2 Å². The minimum absolute atomic E-state index is 0.229. The molecule has 0 aliphatic carbocycles. The first-order valence-electron chi connectivity index (χ1n) is 6.96. The van der Waals surface area contributed by atoms with E-state index in [0.717, 1.165) is 11.3 Å². The Bertz CT molecular complexity index is 812. The third-order valence-corrected chi connectivity index (χ3v) is 3.91. The van der Waals surface area contributed by atoms with Crippen molar-refractivity contribution in [1.82, 2.24) is 10.2 Å². The van der Waals surface area contributed by atoms with Crippen LogP contribution < -0.4 is 4.74 Å². The topological polar surface area (TPSA) is 71.9 Å². The predicted octanol–water partition coefficient (Wildman–Crippen LogP) is 3.81. The average Bonchev–Trinajstić information content (AvgIpc) is 3.07. The SMILES string of the molecule is N#Cc1ccccc1CSc1nnc(COc2ccccc2)o1. The van der Waals surface area contributed by atoms with E-state index in [0.29, 0.717) is 22.4 Å². The first-order valence-corrected chi connectivity index (χ1v) is 7.95. The Morgan fingerprint density at radius 3 is 2.65 bits per heavy atom. The Kier molecular flexibility index (Phi) is 4.92. The highest BCUT2D eigenvalue weighted by Crippen LogP contribution is 2.23. The lowest BCUT2D eigenvalue weighted by atomic mass is 10.1. The van der Waals surface area contributed by atoms with Crippen molar-refractivity contribution in [2.45, 2.75) is 17.6 Å². The van der Waals surface area contributed by atoms with Crippen molar-refractivity contribution in [3.05, 3.63) is 71.6 Å². The lowest BCUT2D eigenvalue weighted by Gasteiger charge is -2.02. The summed E-state index contributed by atoms with van der Waals surface area (Å²) in [6.45, 7) is 0.229. The third kappa shape index (κ3) is 4.11. The van der Waals surface area contributed by atoms with Gasteiger partial charge in [-0.2, -0.15) is 5.26 Å². The maximum atomic E-state index is 9.07. The van der Waals surface area contributed by atoms with Gasteiger partial charge in [0.2, 0.25) is 0 Å². The van der Waals surface area contributed by atoms with Crippen LogP contribution in [0.3, 0.4) is 0 Å². The van der Waals surface area contributed by atoms with Gasteiger partial charge in [-0.15, -0.1) is 10.2 Å². The molecule has 1 heterocycles. The van der Waals surface area contributed by atoms with Crippen molar-refractivity contribution in [3.63, 3.8) is 0 Å². The van der Waals surface area contributed by atoms with Crippen molar-refractivity contribution >= 4 is 11.8 Å². The number of ether oxygens (including phenoxy) is 1. The van der Waals surface area contributed by atoms with Gasteiger partial charge in [0.25, 0.3) is 11.1 Å². The fourth-order valence-electron chi connectivity index (χ4n) is 1.91. The molecule has 114 valence electrons. The molecule has 0 fully saturated rings. The molecule has 0 unspecified atom stereocenters. The summed E-state index contributed by atoms with van der Waals surface area (Å²) in [5, 5.41) is 17.5. The molecule has 5 nitrogen and oxygen atoms in total. The summed E-state index contributed by atoms with van der Waals surface area (Å²) in [7, 11) is 0. The molecular formula is C17H13N3O2S. The highest BCUT2D eigenvalue weighted by atomic mass is 32.2. The van der Waals surface area contributed by atoms with E-state index in [1.54, 1.807) is 6.07 Å². The molecule has 2 aromatic carbocycles. The van der Waals surface area contributed by atoms with Gasteiger partial charge in [-0.25, -0.2) is 0 Å². The lowest BCUT2D eigenvalue weighted by molar-refractivity contribution is 0.252. The maximum absolute atomic E-state index is 9.07. The fraction of sp³-hybridized carbons (Fsp3) is 0.118. The van der Waals surface area contributed by atoms with E-state index in [1.807, 2.05) is 48.5 Å². The van der Waals surface area contributed by atoms with E-state index in [4.69, 9.17) is 14.4 Å². The Labute approximate surface area is 137 Å². The summed E-state index contributed by atoms with van der Waals surface area (Å²) in [5.74, 6) is 1.78. The molecular weight excluding hydrogens is 310 g/mol. The van der Waals surface area contributed by atoms with Crippen molar-refractivity contribution in [3.8, 4) is 11.8 Å². The molecule has 1 aromatic heterocycles. The summed E-state index contributed by atoms with van der Waals surface area (Å²) in [4.78, 5) is 0. The highest BCUT2D eigenvalue weighted by molar-refractivity contribution is 7.98. The average molecular weight is 323 g/mol. The van der Waals surface area contributed by atoms with Crippen LogP contribution in [0.15, 0.2) is 64.2 Å². The molecule has 0 atom stereocenters. The molecule has 0 radical (unpaired) electrons. The molecule has 3 aromatic rings. The molecule has 0 aliphatic rings. The van der Waals surface area contributed by atoms with Crippen LogP contribution in [0.5, 0.6) is 5.75 Å². The van der Waals surface area contributed by atoms with Crippen LogP contribution in [0.25, 0.3) is 0 Å². The Hall–Kier alpha value is -2.78. The zero-order chi connectivity index (χ0) is 15.9. The van der Waals surface area contributed by atoms with Crippen molar-refractivity contribution in [1.29, 1.82) is 5.26 Å². The van der Waals surface area contributed by atoms with Gasteiger partial charge in [0.1, 0.15) is 5.75 Å². The molecule has 0 saturated carbocycles. The molecule has 0 aliphatic heterocycles. The zero-order valence-corrected chi connectivity index (χ0v) is 13.0. The van der Waals surface area contributed by atoms with Gasteiger partial charge < -0.3 is 9.15 Å². The number of para-hydroxylation sites is 1. The van der Waals surface area contributed by atoms with Crippen LogP contribution in [-0.2, 0) is 12.4 Å². The monoisotopic (exact) mass is 323 g/mol. The molecule has 0 saturated heterocycles. The van der Waals surface area contributed by atoms with E-state index in [2.05, 4.69) is 16.3 Å². The predicted molar refractivity (Wildman–Crippen MR) is 85.8 cm³/mol. The number of benzene rings is 2. The van der Waals surface area contributed by atoms with Crippen LogP contribution in [0.2, 0.25) is 0 Å². The van der Waals surface area contributed by atoms with Gasteiger partial charge in [-0.3, -0.25) is 0 Å². The van der Waals surface area contributed by atoms with Crippen LogP contribution in [0.1, 0.15) is 17.0 Å². The van der Waals surface area contributed by atoms with Crippen LogP contribution >= 0.6 is 11.8 Å². The number of rotatable bonds is 6. The second kappa shape index (κ2) is 7.47. The van der Waals surface area contributed by atoms with Gasteiger partial charge in [0.15, 0.2) is 6.61 Å². The maximum Gasteiger partial charge on any atom is 0.277 e. The van der Waals surface area contributed by atoms with Crippen molar-refractivity contribution in [2.24, 2.45) is 0 Å². The molecule has 0 N–H and O–H groups in total. The zero-order valence-electron chi connectivity index (χ0n) is 12.2. The summed E-state index contributed by atoms with van der Waals surface area (Å²) >= 11 is 1.40. The minimum Gasteiger partial charge on any atom is -0.484 e.